The number of nitrogens with one attached hydrogen (secondary N) is 2. The number of rotatable bonds is 5. The van der Waals surface area contributed by atoms with Crippen molar-refractivity contribution in [2.75, 3.05) is 66.0 Å². The second kappa shape index (κ2) is 9.85. The van der Waals surface area contributed by atoms with Crippen LogP contribution < -0.4 is 25.3 Å². The van der Waals surface area contributed by atoms with Crippen molar-refractivity contribution < 1.29 is 14.3 Å². The Kier molecular flexibility index (Phi) is 6.24. The maximum atomic E-state index is 12.3. The predicted molar refractivity (Wildman–Crippen MR) is 158 cm³/mol. The summed E-state index contributed by atoms with van der Waals surface area (Å²) in [6.45, 7) is 11.9. The third-order valence-electron chi connectivity index (χ3n) is 8.72. The van der Waals surface area contributed by atoms with Crippen LogP contribution in [0.1, 0.15) is 32.8 Å². The molecule has 3 saturated heterocycles. The normalized spacial score (nSPS) is 25.1. The van der Waals surface area contributed by atoms with E-state index in [4.69, 9.17) is 24.4 Å². The van der Waals surface area contributed by atoms with Gasteiger partial charge in [-0.3, -0.25) is 4.90 Å². The van der Waals surface area contributed by atoms with Gasteiger partial charge >= 0.3 is 6.09 Å². The van der Waals surface area contributed by atoms with Crippen LogP contribution >= 0.6 is 0 Å². The smallest absolute Gasteiger partial charge is 0.415 e. The van der Waals surface area contributed by atoms with Gasteiger partial charge in [0.05, 0.1) is 24.8 Å². The molecule has 2 atom stereocenters. The van der Waals surface area contributed by atoms with Crippen molar-refractivity contribution in [2.45, 2.75) is 44.2 Å². The van der Waals surface area contributed by atoms with E-state index < -0.39 is 0 Å². The first-order valence-corrected chi connectivity index (χ1v) is 14.4. The Morgan fingerprint density at radius 2 is 1.78 bits per heavy atom. The van der Waals surface area contributed by atoms with E-state index in [1.807, 2.05) is 24.4 Å². The second-order valence-electron chi connectivity index (χ2n) is 12.0. The molecular weight excluding hydrogens is 520 g/mol. The zero-order valence-corrected chi connectivity index (χ0v) is 23.8. The van der Waals surface area contributed by atoms with Crippen LogP contribution in [-0.4, -0.2) is 78.6 Å². The molecular formula is C30H36N8O3. The number of piperazine rings is 1. The van der Waals surface area contributed by atoms with E-state index in [9.17, 15) is 4.79 Å². The van der Waals surface area contributed by atoms with Crippen LogP contribution in [0.25, 0.3) is 0 Å². The van der Waals surface area contributed by atoms with Gasteiger partial charge < -0.3 is 29.9 Å². The topological polar surface area (TPSA) is 108 Å². The first-order valence-electron chi connectivity index (χ1n) is 14.4. The van der Waals surface area contributed by atoms with E-state index in [2.05, 4.69) is 65.5 Å². The average molecular weight is 557 g/mol. The molecule has 0 unspecified atom stereocenters. The highest BCUT2D eigenvalue weighted by Gasteiger charge is 2.55. The lowest BCUT2D eigenvalue weighted by Crippen LogP contribution is -2.54. The first-order chi connectivity index (χ1) is 19.8. The minimum atomic E-state index is -0.370. The van der Waals surface area contributed by atoms with Crippen LogP contribution in [0.15, 0.2) is 48.7 Å². The quantitative estimate of drug-likeness (QED) is 0.480. The Bertz CT molecular complexity index is 1460. The van der Waals surface area contributed by atoms with E-state index >= 15 is 0 Å². The van der Waals surface area contributed by atoms with E-state index in [0.717, 1.165) is 55.5 Å². The van der Waals surface area contributed by atoms with Crippen LogP contribution in [-0.2, 0) is 14.9 Å². The van der Waals surface area contributed by atoms with Gasteiger partial charge in [-0.05, 0) is 56.7 Å². The Morgan fingerprint density at radius 1 is 1.00 bits per heavy atom. The maximum Gasteiger partial charge on any atom is 0.415 e. The van der Waals surface area contributed by atoms with E-state index in [1.54, 1.807) is 4.90 Å². The summed E-state index contributed by atoms with van der Waals surface area (Å²) in [6, 6.07) is 14.2. The lowest BCUT2D eigenvalue weighted by atomic mass is 9.73. The summed E-state index contributed by atoms with van der Waals surface area (Å²) in [7, 11) is 0. The summed E-state index contributed by atoms with van der Waals surface area (Å²) in [4.78, 5) is 33.2. The van der Waals surface area contributed by atoms with Gasteiger partial charge in [-0.15, -0.1) is 0 Å². The highest BCUT2D eigenvalue weighted by molar-refractivity contribution is 5.88. The number of amides is 1. The molecule has 0 saturated carbocycles. The molecule has 0 spiro atoms. The average Bonchev–Trinajstić information content (AvgIpc) is 3.52. The number of ether oxygens (including phenoxy) is 2. The predicted octanol–water partition coefficient (Wildman–Crippen LogP) is 3.96. The molecule has 0 radical (unpaired) electrons. The van der Waals surface area contributed by atoms with Crippen molar-refractivity contribution in [2.24, 2.45) is 0 Å². The van der Waals surface area contributed by atoms with Gasteiger partial charge in [-0.1, -0.05) is 13.0 Å². The minimum Gasteiger partial charge on any atom is -0.447 e. The third-order valence-corrected chi connectivity index (χ3v) is 8.72. The van der Waals surface area contributed by atoms with E-state index in [0.29, 0.717) is 31.5 Å². The SMILES string of the molecule is CC1(C)C[C@H]2N(c3cccc(N4CCOC4=O)n3)c3nc(Nc4ccc(N5CCNCC5)cc4)ncc3[C@@]2(C)CO1. The summed E-state index contributed by atoms with van der Waals surface area (Å²) in [5, 5.41) is 6.81. The molecule has 7 rings (SSSR count). The highest BCUT2D eigenvalue weighted by Crippen LogP contribution is 2.53. The van der Waals surface area contributed by atoms with Gasteiger partial charge in [0.15, 0.2) is 0 Å². The summed E-state index contributed by atoms with van der Waals surface area (Å²) in [5.41, 5.74) is 2.55. The van der Waals surface area contributed by atoms with Crippen LogP contribution in [0.2, 0.25) is 0 Å². The van der Waals surface area contributed by atoms with Crippen LogP contribution in [0, 0.1) is 0 Å². The van der Waals surface area contributed by atoms with Crippen LogP contribution in [0.5, 0.6) is 0 Å². The van der Waals surface area contributed by atoms with Crippen LogP contribution in [0.4, 0.5) is 39.6 Å². The fourth-order valence-electron chi connectivity index (χ4n) is 6.37. The molecule has 2 aromatic heterocycles. The van der Waals surface area contributed by atoms with Crippen molar-refractivity contribution in [3.63, 3.8) is 0 Å². The molecule has 41 heavy (non-hydrogen) atoms. The molecule has 2 N–H and O–H groups in total. The maximum absolute atomic E-state index is 12.3. The molecule has 214 valence electrons. The molecule has 4 aliphatic rings. The van der Waals surface area contributed by atoms with Gasteiger partial charge in [0.2, 0.25) is 5.95 Å². The number of carbonyl (C=O) groups is 1. The number of fused-ring (bicyclic) bond motifs is 3. The summed E-state index contributed by atoms with van der Waals surface area (Å²) in [6.07, 6.45) is 2.34. The Hall–Kier alpha value is -3.96. The number of carbonyl (C=O) groups excluding carboxylic acids is 1. The van der Waals surface area contributed by atoms with Gasteiger partial charge in [0.1, 0.15) is 24.1 Å². The van der Waals surface area contributed by atoms with Crippen molar-refractivity contribution in [3.05, 3.63) is 54.2 Å². The van der Waals surface area contributed by atoms with E-state index in [-0.39, 0.29) is 23.2 Å². The number of cyclic esters (lactones) is 1. The summed E-state index contributed by atoms with van der Waals surface area (Å²) in [5.74, 6) is 2.64. The number of aromatic nitrogens is 3. The van der Waals surface area contributed by atoms with Crippen molar-refractivity contribution in [3.8, 4) is 0 Å². The number of pyridine rings is 1. The lowest BCUT2D eigenvalue weighted by molar-refractivity contribution is -0.0893. The molecule has 0 bridgehead atoms. The molecule has 11 heteroatoms. The summed E-state index contributed by atoms with van der Waals surface area (Å²) >= 11 is 0. The number of anilines is 6. The van der Waals surface area contributed by atoms with E-state index in [1.165, 1.54) is 5.69 Å². The molecule has 4 aliphatic heterocycles. The van der Waals surface area contributed by atoms with Crippen LogP contribution in [0.3, 0.4) is 0 Å². The highest BCUT2D eigenvalue weighted by atomic mass is 16.6. The number of hydrogen-bond donors (Lipinski definition) is 2. The zero-order valence-electron chi connectivity index (χ0n) is 23.8. The lowest BCUT2D eigenvalue weighted by Gasteiger charge is -2.46. The molecule has 1 amide bonds. The van der Waals surface area contributed by atoms with Crippen molar-refractivity contribution >= 4 is 40.9 Å². The minimum absolute atomic E-state index is 0.0531. The standard InChI is InChI=1S/C30H36N8O3/c1-29(2)17-23-30(3,19-41-29)22-18-32-27(33-20-7-9-21(10-8-20)36-13-11-31-12-14-36)35-26(22)38(23)25-6-4-5-24(34-25)37-15-16-40-28(37)39/h4-10,18,23,31H,11-17,19H2,1-3H3,(H,32,33,35)/t23-,30-/m1/s1. The largest absolute Gasteiger partial charge is 0.447 e. The number of benzene rings is 1. The molecule has 1 aromatic carbocycles. The Morgan fingerprint density at radius 3 is 2.54 bits per heavy atom. The van der Waals surface area contributed by atoms with Crippen molar-refractivity contribution in [1.82, 2.24) is 20.3 Å². The Labute approximate surface area is 239 Å². The van der Waals surface area contributed by atoms with Gasteiger partial charge in [0, 0.05) is 54.7 Å². The number of nitrogens with zero attached hydrogens (tertiary/aromatic N) is 6. The fourth-order valence-corrected chi connectivity index (χ4v) is 6.37. The Balaban J connectivity index is 1.23. The molecule has 3 aromatic rings. The second-order valence-corrected chi connectivity index (χ2v) is 12.0. The van der Waals surface area contributed by atoms with Gasteiger partial charge in [0.25, 0.3) is 0 Å². The zero-order chi connectivity index (χ0) is 28.2. The monoisotopic (exact) mass is 556 g/mol. The molecule has 6 heterocycles. The number of hydrogen-bond acceptors (Lipinski definition) is 10. The third kappa shape index (κ3) is 4.62. The van der Waals surface area contributed by atoms with Gasteiger partial charge in [-0.2, -0.15) is 4.98 Å². The fraction of sp³-hybridized carbons (Fsp3) is 0.467. The summed E-state index contributed by atoms with van der Waals surface area (Å²) < 4.78 is 11.5. The molecule has 0 aliphatic carbocycles. The molecule has 11 nitrogen and oxygen atoms in total. The first kappa shape index (κ1) is 26.0. The van der Waals surface area contributed by atoms with Crippen molar-refractivity contribution in [1.29, 1.82) is 0 Å². The van der Waals surface area contributed by atoms with Gasteiger partial charge in [-0.25, -0.2) is 14.8 Å². The molecule has 3 fully saturated rings.